The summed E-state index contributed by atoms with van der Waals surface area (Å²) in [6.07, 6.45) is 0. The van der Waals surface area contributed by atoms with Crippen LogP contribution < -0.4 is 0 Å². The molecule has 17 heavy (non-hydrogen) atoms. The average molecular weight is 269 g/mol. The zero-order chi connectivity index (χ0) is 12.4. The number of rotatable bonds is 2. The van der Waals surface area contributed by atoms with E-state index in [1.165, 1.54) is 6.07 Å². The van der Waals surface area contributed by atoms with Gasteiger partial charge in [0.05, 0.1) is 11.3 Å². The number of nitriles is 1. The van der Waals surface area contributed by atoms with Crippen LogP contribution >= 0.6 is 23.2 Å². The van der Waals surface area contributed by atoms with Gasteiger partial charge in [-0.25, -0.2) is 4.39 Å². The minimum Gasteiger partial charge on any atom is -0.355 e. The lowest BCUT2D eigenvalue weighted by atomic mass is 10.1. The fourth-order valence-electron chi connectivity index (χ4n) is 1.60. The van der Waals surface area contributed by atoms with E-state index < -0.39 is 6.67 Å². The number of hydrogen-bond donors (Lipinski definition) is 1. The minimum absolute atomic E-state index is 0.354. The Bertz CT molecular complexity index is 579. The molecule has 0 spiro atoms. The molecule has 0 saturated carbocycles. The zero-order valence-corrected chi connectivity index (χ0v) is 10.1. The van der Waals surface area contributed by atoms with E-state index in [2.05, 4.69) is 4.98 Å². The summed E-state index contributed by atoms with van der Waals surface area (Å²) in [5.41, 5.74) is 1.92. The molecule has 0 unspecified atom stereocenters. The molecule has 0 atom stereocenters. The third-order valence-electron chi connectivity index (χ3n) is 2.29. The van der Waals surface area contributed by atoms with Crippen LogP contribution in [0, 0.1) is 11.3 Å². The van der Waals surface area contributed by atoms with Gasteiger partial charge in [-0.3, -0.25) is 0 Å². The highest BCUT2D eigenvalue weighted by Crippen LogP contribution is 2.29. The van der Waals surface area contributed by atoms with E-state index in [0.29, 0.717) is 32.6 Å². The number of hydrogen-bond acceptors (Lipinski definition) is 1. The third-order valence-corrected chi connectivity index (χ3v) is 2.73. The maximum atomic E-state index is 12.5. The molecule has 1 aromatic heterocycles. The van der Waals surface area contributed by atoms with Crippen LogP contribution in [-0.4, -0.2) is 4.98 Å². The Morgan fingerprint density at radius 2 is 1.82 bits per heavy atom. The third kappa shape index (κ3) is 2.44. The quantitative estimate of drug-likeness (QED) is 0.865. The maximum Gasteiger partial charge on any atom is 0.129 e. The summed E-state index contributed by atoms with van der Waals surface area (Å²) < 4.78 is 12.5. The van der Waals surface area contributed by atoms with E-state index in [-0.39, 0.29) is 0 Å². The highest BCUT2D eigenvalue weighted by atomic mass is 35.5. The zero-order valence-electron chi connectivity index (χ0n) is 8.60. The van der Waals surface area contributed by atoms with Gasteiger partial charge in [0, 0.05) is 21.3 Å². The number of benzene rings is 1. The Balaban J connectivity index is 2.59. The summed E-state index contributed by atoms with van der Waals surface area (Å²) in [7, 11) is 0. The van der Waals surface area contributed by atoms with Gasteiger partial charge in [-0.05, 0) is 24.3 Å². The van der Waals surface area contributed by atoms with Gasteiger partial charge >= 0.3 is 0 Å². The van der Waals surface area contributed by atoms with E-state index in [1.807, 2.05) is 6.07 Å². The molecule has 0 saturated heterocycles. The van der Waals surface area contributed by atoms with Gasteiger partial charge in [0.2, 0.25) is 0 Å². The molecule has 0 amide bonds. The molecule has 2 aromatic rings. The van der Waals surface area contributed by atoms with Crippen LogP contribution in [0.3, 0.4) is 0 Å². The van der Waals surface area contributed by atoms with Crippen molar-refractivity contribution >= 4 is 23.2 Å². The fourth-order valence-corrected chi connectivity index (χ4v) is 2.12. The van der Waals surface area contributed by atoms with Gasteiger partial charge in [0.15, 0.2) is 0 Å². The Morgan fingerprint density at radius 1 is 1.18 bits per heavy atom. The second kappa shape index (κ2) is 4.79. The second-order valence-electron chi connectivity index (χ2n) is 3.49. The smallest absolute Gasteiger partial charge is 0.129 e. The average Bonchev–Trinajstić information content (AvgIpc) is 2.70. The molecule has 0 aliphatic heterocycles. The van der Waals surface area contributed by atoms with Crippen molar-refractivity contribution in [2.45, 2.75) is 6.67 Å². The first-order valence-corrected chi connectivity index (χ1v) is 5.54. The van der Waals surface area contributed by atoms with Crippen molar-refractivity contribution in [2.24, 2.45) is 0 Å². The standard InChI is InChI=1S/C12H7Cl2FN2/c13-9-1-7(2-10(14)4-9)12-8(6-16)3-11(5-15)17-12/h1-4,17H,5H2. The summed E-state index contributed by atoms with van der Waals surface area (Å²) >= 11 is 11.8. The fraction of sp³-hybridized carbons (Fsp3) is 0.0833. The number of alkyl halides is 1. The van der Waals surface area contributed by atoms with Crippen LogP contribution in [-0.2, 0) is 6.67 Å². The van der Waals surface area contributed by atoms with E-state index in [0.717, 1.165) is 0 Å². The van der Waals surface area contributed by atoms with Crippen molar-refractivity contribution in [2.75, 3.05) is 0 Å². The topological polar surface area (TPSA) is 39.6 Å². The van der Waals surface area contributed by atoms with Gasteiger partial charge in [-0.15, -0.1) is 0 Å². The molecule has 2 rings (SSSR count). The number of aromatic amines is 1. The summed E-state index contributed by atoms with van der Waals surface area (Å²) in [4.78, 5) is 2.84. The first kappa shape index (κ1) is 12.0. The van der Waals surface area contributed by atoms with Gasteiger partial charge < -0.3 is 4.98 Å². The lowest BCUT2D eigenvalue weighted by Gasteiger charge is -2.01. The summed E-state index contributed by atoms with van der Waals surface area (Å²) in [5, 5.41) is 9.90. The Labute approximate surface area is 108 Å². The number of aromatic nitrogens is 1. The summed E-state index contributed by atoms with van der Waals surface area (Å²) in [6.45, 7) is -0.650. The molecular formula is C12H7Cl2FN2. The monoisotopic (exact) mass is 268 g/mol. The molecule has 1 N–H and O–H groups in total. The summed E-state index contributed by atoms with van der Waals surface area (Å²) in [5.74, 6) is 0. The van der Waals surface area contributed by atoms with Crippen molar-refractivity contribution in [3.8, 4) is 17.3 Å². The maximum absolute atomic E-state index is 12.5. The van der Waals surface area contributed by atoms with Crippen molar-refractivity contribution < 1.29 is 4.39 Å². The molecule has 0 fully saturated rings. The van der Waals surface area contributed by atoms with E-state index in [4.69, 9.17) is 28.5 Å². The van der Waals surface area contributed by atoms with E-state index in [1.54, 1.807) is 18.2 Å². The van der Waals surface area contributed by atoms with Crippen molar-refractivity contribution in [3.63, 3.8) is 0 Å². The van der Waals surface area contributed by atoms with Gasteiger partial charge in [-0.1, -0.05) is 23.2 Å². The largest absolute Gasteiger partial charge is 0.355 e. The first-order chi connectivity index (χ1) is 8.13. The molecule has 1 heterocycles. The summed E-state index contributed by atoms with van der Waals surface area (Å²) in [6, 6.07) is 8.41. The van der Waals surface area contributed by atoms with Crippen LogP contribution in [0.4, 0.5) is 4.39 Å². The predicted molar refractivity (Wildman–Crippen MR) is 65.8 cm³/mol. The Morgan fingerprint density at radius 3 is 2.35 bits per heavy atom. The molecule has 1 aromatic carbocycles. The molecular weight excluding hydrogens is 262 g/mol. The first-order valence-electron chi connectivity index (χ1n) is 4.78. The normalized spacial score (nSPS) is 10.2. The number of nitrogens with zero attached hydrogens (tertiary/aromatic N) is 1. The highest BCUT2D eigenvalue weighted by molar-refractivity contribution is 6.35. The van der Waals surface area contributed by atoms with Crippen molar-refractivity contribution in [3.05, 3.63) is 45.6 Å². The van der Waals surface area contributed by atoms with Crippen LogP contribution in [0.2, 0.25) is 10.0 Å². The number of nitrogens with one attached hydrogen (secondary N) is 1. The minimum atomic E-state index is -0.650. The molecule has 5 heteroatoms. The van der Waals surface area contributed by atoms with Crippen LogP contribution in [0.25, 0.3) is 11.3 Å². The molecule has 2 nitrogen and oxygen atoms in total. The number of H-pyrrole nitrogens is 1. The lowest BCUT2D eigenvalue weighted by Crippen LogP contribution is -1.83. The lowest BCUT2D eigenvalue weighted by molar-refractivity contribution is 0.478. The predicted octanol–water partition coefficient (Wildman–Crippen LogP) is 4.33. The molecule has 0 radical (unpaired) electrons. The van der Waals surface area contributed by atoms with Crippen LogP contribution in [0.1, 0.15) is 11.3 Å². The van der Waals surface area contributed by atoms with Gasteiger partial charge in [0.1, 0.15) is 12.7 Å². The van der Waals surface area contributed by atoms with Crippen LogP contribution in [0.5, 0.6) is 0 Å². The van der Waals surface area contributed by atoms with Crippen LogP contribution in [0.15, 0.2) is 24.3 Å². The molecule has 0 bridgehead atoms. The van der Waals surface area contributed by atoms with E-state index >= 15 is 0 Å². The molecule has 0 aliphatic rings. The number of halogens is 3. The van der Waals surface area contributed by atoms with Crippen molar-refractivity contribution in [1.82, 2.24) is 4.98 Å². The second-order valence-corrected chi connectivity index (χ2v) is 4.36. The Hall–Kier alpha value is -1.50. The SMILES string of the molecule is N#Cc1cc(CF)[nH]c1-c1cc(Cl)cc(Cl)c1. The highest BCUT2D eigenvalue weighted by Gasteiger charge is 2.11. The van der Waals surface area contributed by atoms with Gasteiger partial charge in [-0.2, -0.15) is 5.26 Å². The van der Waals surface area contributed by atoms with E-state index in [9.17, 15) is 4.39 Å². The molecule has 86 valence electrons. The Kier molecular flexibility index (Phi) is 3.37. The van der Waals surface area contributed by atoms with Gasteiger partial charge in [0.25, 0.3) is 0 Å². The van der Waals surface area contributed by atoms with Crippen molar-refractivity contribution in [1.29, 1.82) is 5.26 Å². The molecule has 0 aliphatic carbocycles.